The Labute approximate surface area is 374 Å². The van der Waals surface area contributed by atoms with Crippen molar-refractivity contribution in [1.82, 2.24) is 0 Å². The number of anilines is 3. The van der Waals surface area contributed by atoms with Crippen molar-refractivity contribution < 1.29 is 0 Å². The zero-order chi connectivity index (χ0) is 42.9. The smallest absolute Gasteiger partial charge is 0.0491 e. The van der Waals surface area contributed by atoms with Gasteiger partial charge in [-0.1, -0.05) is 182 Å². The monoisotopic (exact) mass is 815 g/mol. The van der Waals surface area contributed by atoms with Gasteiger partial charge < -0.3 is 4.90 Å². The molecule has 0 amide bonds. The maximum Gasteiger partial charge on any atom is 0.0491 e. The number of nitrogens with zero attached hydrogens (tertiary/aromatic N) is 1. The maximum absolute atomic E-state index is 2.49. The third kappa shape index (κ3) is 6.15. The topological polar surface area (TPSA) is 3.24 Å². The van der Waals surface area contributed by atoms with E-state index in [1.54, 1.807) is 0 Å². The average Bonchev–Trinajstić information content (AvgIpc) is 3.34. The fourth-order valence-corrected chi connectivity index (χ4v) is 10.5. The van der Waals surface area contributed by atoms with Crippen LogP contribution in [-0.4, -0.2) is 0 Å². The van der Waals surface area contributed by atoms with Gasteiger partial charge in [0.15, 0.2) is 0 Å². The van der Waals surface area contributed by atoms with Crippen molar-refractivity contribution in [3.63, 3.8) is 0 Å². The summed E-state index contributed by atoms with van der Waals surface area (Å²) in [7, 11) is 0. The van der Waals surface area contributed by atoms with E-state index in [2.05, 4.69) is 244 Å². The molecule has 0 fully saturated rings. The third-order valence-electron chi connectivity index (χ3n) is 13.6. The molecule has 0 heterocycles. The lowest BCUT2D eigenvalue weighted by molar-refractivity contribution is 1.21. The molecule has 0 spiro atoms. The van der Waals surface area contributed by atoms with Crippen LogP contribution in [0.4, 0.5) is 17.1 Å². The van der Waals surface area contributed by atoms with Crippen molar-refractivity contribution in [2.45, 2.75) is 20.8 Å². The first-order valence-electron chi connectivity index (χ1n) is 22.3. The van der Waals surface area contributed by atoms with Crippen LogP contribution < -0.4 is 4.90 Å². The molecule has 302 valence electrons. The largest absolute Gasteiger partial charge is 0.310 e. The molecule has 12 aromatic carbocycles. The van der Waals surface area contributed by atoms with Crippen molar-refractivity contribution in [2.75, 3.05) is 4.90 Å². The van der Waals surface area contributed by atoms with E-state index in [0.29, 0.717) is 0 Å². The summed E-state index contributed by atoms with van der Waals surface area (Å²) in [6.07, 6.45) is 0. The van der Waals surface area contributed by atoms with Gasteiger partial charge in [-0.05, 0) is 172 Å². The van der Waals surface area contributed by atoms with E-state index < -0.39 is 0 Å². The molecule has 0 saturated heterocycles. The summed E-state index contributed by atoms with van der Waals surface area (Å²) in [5.41, 5.74) is 14.5. The minimum Gasteiger partial charge on any atom is -0.310 e. The van der Waals surface area contributed by atoms with Gasteiger partial charge in [-0.25, -0.2) is 0 Å². The average molecular weight is 816 g/mol. The number of hydrogen-bond donors (Lipinski definition) is 0. The van der Waals surface area contributed by atoms with E-state index in [-0.39, 0.29) is 0 Å². The Morgan fingerprint density at radius 1 is 0.250 bits per heavy atom. The Morgan fingerprint density at radius 3 is 0.844 bits per heavy atom. The van der Waals surface area contributed by atoms with Gasteiger partial charge in [-0.15, -0.1) is 0 Å². The second kappa shape index (κ2) is 15.1. The van der Waals surface area contributed by atoms with Gasteiger partial charge in [0.05, 0.1) is 0 Å². The Hall–Kier alpha value is -8.00. The van der Waals surface area contributed by atoms with Gasteiger partial charge >= 0.3 is 0 Å². The van der Waals surface area contributed by atoms with Gasteiger partial charge in [0.1, 0.15) is 0 Å². The molecule has 0 saturated carbocycles. The van der Waals surface area contributed by atoms with E-state index in [4.69, 9.17) is 0 Å². The lowest BCUT2D eigenvalue weighted by Gasteiger charge is -2.31. The molecule has 0 N–H and O–H groups in total. The lowest BCUT2D eigenvalue weighted by atomic mass is 9.91. The van der Waals surface area contributed by atoms with Crippen LogP contribution in [0, 0.1) is 20.8 Å². The van der Waals surface area contributed by atoms with Gasteiger partial charge in [0.25, 0.3) is 0 Å². The number of hydrogen-bond acceptors (Lipinski definition) is 1. The van der Waals surface area contributed by atoms with Gasteiger partial charge in [-0.3, -0.25) is 0 Å². The lowest BCUT2D eigenvalue weighted by Crippen LogP contribution is -2.14. The number of aryl methyl sites for hydroxylation is 3. The fraction of sp³-hybridized carbons (Fsp3) is 0.0476. The van der Waals surface area contributed by atoms with Gasteiger partial charge in [0.2, 0.25) is 0 Å². The highest BCUT2D eigenvalue weighted by Gasteiger charge is 2.22. The van der Waals surface area contributed by atoms with Crippen LogP contribution in [0.2, 0.25) is 0 Å². The van der Waals surface area contributed by atoms with Crippen LogP contribution in [0.25, 0.3) is 98.0 Å². The highest BCUT2D eigenvalue weighted by atomic mass is 15.1. The molecule has 1 heteroatoms. The van der Waals surface area contributed by atoms with Crippen molar-refractivity contribution >= 4 is 81.7 Å². The Balaban J connectivity index is 1.03. The second-order valence-electron chi connectivity index (χ2n) is 17.4. The van der Waals surface area contributed by atoms with Crippen LogP contribution >= 0.6 is 0 Å². The molecule has 64 heavy (non-hydrogen) atoms. The minimum absolute atomic E-state index is 1.16. The van der Waals surface area contributed by atoms with Crippen molar-refractivity contribution in [1.29, 1.82) is 0 Å². The predicted octanol–water partition coefficient (Wildman–Crippen LogP) is 18.0. The molecule has 12 aromatic rings. The molecule has 0 aromatic heterocycles. The number of fused-ring (bicyclic) bond motifs is 9. The molecule has 0 atom stereocenters. The maximum atomic E-state index is 2.49. The zero-order valence-corrected chi connectivity index (χ0v) is 36.2. The summed E-state index contributed by atoms with van der Waals surface area (Å²) < 4.78 is 0. The molecule has 12 rings (SSSR count). The van der Waals surface area contributed by atoms with Crippen LogP contribution in [0.15, 0.2) is 218 Å². The molecular weight excluding hydrogens is 771 g/mol. The molecule has 1 nitrogen and oxygen atoms in total. The van der Waals surface area contributed by atoms with E-state index in [1.165, 1.54) is 115 Å². The standard InChI is InChI=1S/C63H45N/c1-40-37-49(55-22-10-16-46-28-25-43-13-4-7-19-52(43)61(46)55)31-34-58(40)64(59-35-32-50(38-41(59)2)56-23-11-17-47-29-26-44-14-5-8-20-53(44)62(47)56)60-36-33-51(39-42(60)3)57-24-12-18-48-30-27-45-15-6-9-21-54(45)63(48)57/h4-39H,1-3H3. The van der Waals surface area contributed by atoms with Crippen LogP contribution in [0.1, 0.15) is 16.7 Å². The quantitative estimate of drug-likeness (QED) is 0.151. The summed E-state index contributed by atoms with van der Waals surface area (Å²) in [4.78, 5) is 2.49. The van der Waals surface area contributed by atoms with Crippen LogP contribution in [-0.2, 0) is 0 Å². The van der Waals surface area contributed by atoms with E-state index in [1.807, 2.05) is 0 Å². The molecule has 0 bridgehead atoms. The first-order chi connectivity index (χ1) is 31.5. The van der Waals surface area contributed by atoms with Crippen molar-refractivity contribution in [2.24, 2.45) is 0 Å². The summed E-state index contributed by atoms with van der Waals surface area (Å²) in [5.74, 6) is 0. The fourth-order valence-electron chi connectivity index (χ4n) is 10.5. The van der Waals surface area contributed by atoms with Crippen molar-refractivity contribution in [3.05, 3.63) is 235 Å². The highest BCUT2D eigenvalue weighted by Crippen LogP contribution is 2.45. The SMILES string of the molecule is Cc1cc(-c2cccc3ccc4ccccc4c23)ccc1N(c1ccc(-c2cccc3ccc4ccccc4c23)cc1C)c1ccc(-c2cccc3ccc4ccccc4c23)cc1C. The Kier molecular flexibility index (Phi) is 8.91. The van der Waals surface area contributed by atoms with E-state index in [0.717, 1.165) is 17.1 Å². The summed E-state index contributed by atoms with van der Waals surface area (Å²) in [6.45, 7) is 6.81. The third-order valence-corrected chi connectivity index (χ3v) is 13.6. The zero-order valence-electron chi connectivity index (χ0n) is 36.2. The van der Waals surface area contributed by atoms with Crippen LogP contribution in [0.5, 0.6) is 0 Å². The van der Waals surface area contributed by atoms with E-state index in [9.17, 15) is 0 Å². The molecule has 0 aliphatic rings. The molecule has 0 aliphatic carbocycles. The Bertz CT molecular complexity index is 3430. The minimum atomic E-state index is 1.16. The normalized spacial score (nSPS) is 11.7. The molecule has 0 aliphatic heterocycles. The Morgan fingerprint density at radius 2 is 0.531 bits per heavy atom. The van der Waals surface area contributed by atoms with Crippen molar-refractivity contribution in [3.8, 4) is 33.4 Å². The second-order valence-corrected chi connectivity index (χ2v) is 17.4. The predicted molar refractivity (Wildman–Crippen MR) is 277 cm³/mol. The van der Waals surface area contributed by atoms with Gasteiger partial charge in [0, 0.05) is 17.1 Å². The number of rotatable bonds is 6. The summed E-state index contributed by atoms with van der Waals surface area (Å²) >= 11 is 0. The van der Waals surface area contributed by atoms with Crippen LogP contribution in [0.3, 0.4) is 0 Å². The first kappa shape index (κ1) is 37.7. The molecular formula is C63H45N. The highest BCUT2D eigenvalue weighted by molar-refractivity contribution is 6.16. The molecule has 0 radical (unpaired) electrons. The molecule has 0 unspecified atom stereocenters. The van der Waals surface area contributed by atoms with Gasteiger partial charge in [-0.2, -0.15) is 0 Å². The first-order valence-corrected chi connectivity index (χ1v) is 22.3. The summed E-state index contributed by atoms with van der Waals surface area (Å²) in [5, 5.41) is 15.3. The van der Waals surface area contributed by atoms with E-state index >= 15 is 0 Å². The summed E-state index contributed by atoms with van der Waals surface area (Å²) in [6, 6.07) is 80.9. The number of benzene rings is 12.